The first kappa shape index (κ1) is 16.6. The van der Waals surface area contributed by atoms with Gasteiger partial charge >= 0.3 is 0 Å². The third-order valence-corrected chi connectivity index (χ3v) is 3.70. The first-order valence-electron chi connectivity index (χ1n) is 7.92. The van der Waals surface area contributed by atoms with Gasteiger partial charge in [0.1, 0.15) is 5.82 Å². The Hall–Kier alpha value is -3.27. The summed E-state index contributed by atoms with van der Waals surface area (Å²) in [5, 5.41) is 2.97. The fourth-order valence-electron chi connectivity index (χ4n) is 2.46. The summed E-state index contributed by atoms with van der Waals surface area (Å²) in [5.74, 6) is -0.551. The zero-order chi connectivity index (χ0) is 17.5. The fraction of sp³-hybridized carbons (Fsp3) is 0.0476. The Balaban J connectivity index is 1.78. The van der Waals surface area contributed by atoms with Crippen LogP contribution in [-0.4, -0.2) is 10.9 Å². The molecule has 3 nitrogen and oxygen atoms in total. The van der Waals surface area contributed by atoms with Gasteiger partial charge in [0.05, 0.1) is 11.7 Å². The average molecular weight is 332 g/mol. The molecular weight excluding hydrogens is 315 g/mol. The second-order valence-corrected chi connectivity index (χ2v) is 5.49. The highest BCUT2D eigenvalue weighted by Gasteiger charge is 2.16. The molecule has 3 rings (SSSR count). The van der Waals surface area contributed by atoms with Crippen molar-refractivity contribution in [1.29, 1.82) is 0 Å². The van der Waals surface area contributed by atoms with E-state index in [1.54, 1.807) is 24.4 Å². The molecule has 0 fully saturated rings. The molecule has 0 saturated heterocycles. The third-order valence-electron chi connectivity index (χ3n) is 3.70. The molecule has 124 valence electrons. The minimum atomic E-state index is -0.340. The van der Waals surface area contributed by atoms with Crippen LogP contribution < -0.4 is 5.32 Å². The summed E-state index contributed by atoms with van der Waals surface area (Å²) in [6.07, 6.45) is 4.78. The molecule has 0 aliphatic heterocycles. The third kappa shape index (κ3) is 4.61. The van der Waals surface area contributed by atoms with Crippen molar-refractivity contribution in [2.24, 2.45) is 0 Å². The van der Waals surface area contributed by atoms with Crippen LogP contribution in [-0.2, 0) is 4.79 Å². The Morgan fingerprint density at radius 3 is 2.36 bits per heavy atom. The number of amides is 1. The van der Waals surface area contributed by atoms with Crippen molar-refractivity contribution in [3.05, 3.63) is 108 Å². The highest BCUT2D eigenvalue weighted by Crippen LogP contribution is 2.19. The lowest BCUT2D eigenvalue weighted by atomic mass is 10.0. The summed E-state index contributed by atoms with van der Waals surface area (Å²) < 4.78 is 12.9. The molecule has 3 aromatic rings. The molecule has 25 heavy (non-hydrogen) atoms. The van der Waals surface area contributed by atoms with E-state index in [2.05, 4.69) is 10.3 Å². The minimum absolute atomic E-state index is 0.246. The topological polar surface area (TPSA) is 42.0 Å². The molecule has 0 saturated carbocycles. The molecule has 1 N–H and O–H groups in total. The molecule has 0 unspecified atom stereocenters. The highest BCUT2D eigenvalue weighted by molar-refractivity contribution is 5.92. The number of hydrogen-bond acceptors (Lipinski definition) is 2. The number of rotatable bonds is 5. The van der Waals surface area contributed by atoms with E-state index in [4.69, 9.17) is 0 Å². The lowest BCUT2D eigenvalue weighted by Crippen LogP contribution is -2.28. The maximum Gasteiger partial charge on any atom is 0.244 e. The van der Waals surface area contributed by atoms with Gasteiger partial charge < -0.3 is 5.32 Å². The Morgan fingerprint density at radius 1 is 0.960 bits per heavy atom. The molecule has 0 bridgehead atoms. The lowest BCUT2D eigenvalue weighted by molar-refractivity contribution is -0.116. The molecule has 0 aliphatic carbocycles. The lowest BCUT2D eigenvalue weighted by Gasteiger charge is -2.17. The predicted molar refractivity (Wildman–Crippen MR) is 96.1 cm³/mol. The number of hydrogen-bond donors (Lipinski definition) is 1. The summed E-state index contributed by atoms with van der Waals surface area (Å²) in [7, 11) is 0. The summed E-state index contributed by atoms with van der Waals surface area (Å²) in [5.41, 5.74) is 2.47. The van der Waals surface area contributed by atoms with Gasteiger partial charge in [0.15, 0.2) is 0 Å². The average Bonchev–Trinajstić information content (AvgIpc) is 2.67. The van der Waals surface area contributed by atoms with Crippen LogP contribution in [0, 0.1) is 5.82 Å². The molecule has 2 aromatic carbocycles. The van der Waals surface area contributed by atoms with Crippen LogP contribution >= 0.6 is 0 Å². The molecule has 0 radical (unpaired) electrons. The maximum absolute atomic E-state index is 12.9. The van der Waals surface area contributed by atoms with Crippen molar-refractivity contribution in [3.63, 3.8) is 0 Å². The van der Waals surface area contributed by atoms with Crippen LogP contribution in [0.1, 0.15) is 22.9 Å². The number of pyridine rings is 1. The second kappa shape index (κ2) is 8.02. The summed E-state index contributed by atoms with van der Waals surface area (Å²) in [6.45, 7) is 0. The van der Waals surface area contributed by atoms with Gasteiger partial charge in [-0.25, -0.2) is 4.39 Å². The summed E-state index contributed by atoms with van der Waals surface area (Å²) in [4.78, 5) is 16.7. The molecule has 1 atom stereocenters. The van der Waals surface area contributed by atoms with E-state index < -0.39 is 0 Å². The van der Waals surface area contributed by atoms with Gasteiger partial charge in [-0.15, -0.1) is 0 Å². The first-order valence-corrected chi connectivity index (χ1v) is 7.92. The Morgan fingerprint density at radius 2 is 1.68 bits per heavy atom. The second-order valence-electron chi connectivity index (χ2n) is 5.49. The zero-order valence-electron chi connectivity index (χ0n) is 13.5. The van der Waals surface area contributed by atoms with Crippen LogP contribution in [0.15, 0.2) is 85.1 Å². The predicted octanol–water partition coefficient (Wildman–Crippen LogP) is 4.14. The summed E-state index contributed by atoms with van der Waals surface area (Å²) in [6, 6.07) is 20.9. The normalized spacial score (nSPS) is 12.0. The van der Waals surface area contributed by atoms with Crippen molar-refractivity contribution in [1.82, 2.24) is 10.3 Å². The number of carbonyl (C=O) groups is 1. The fourth-order valence-corrected chi connectivity index (χ4v) is 2.46. The van der Waals surface area contributed by atoms with Crippen molar-refractivity contribution in [2.75, 3.05) is 0 Å². The van der Waals surface area contributed by atoms with Crippen molar-refractivity contribution >= 4 is 12.0 Å². The van der Waals surface area contributed by atoms with E-state index in [9.17, 15) is 9.18 Å². The monoisotopic (exact) mass is 332 g/mol. The largest absolute Gasteiger partial charge is 0.340 e. The Kier molecular flexibility index (Phi) is 5.32. The smallest absolute Gasteiger partial charge is 0.244 e. The van der Waals surface area contributed by atoms with Crippen molar-refractivity contribution in [2.45, 2.75) is 6.04 Å². The van der Waals surface area contributed by atoms with E-state index in [0.29, 0.717) is 0 Å². The van der Waals surface area contributed by atoms with Crippen LogP contribution in [0.4, 0.5) is 4.39 Å². The van der Waals surface area contributed by atoms with Gasteiger partial charge in [-0.3, -0.25) is 9.78 Å². The number of carbonyl (C=O) groups excluding carboxylic acids is 1. The number of aromatic nitrogens is 1. The molecule has 0 aliphatic rings. The molecule has 0 spiro atoms. The van der Waals surface area contributed by atoms with E-state index in [1.165, 1.54) is 18.2 Å². The van der Waals surface area contributed by atoms with Crippen LogP contribution in [0.25, 0.3) is 6.08 Å². The van der Waals surface area contributed by atoms with E-state index in [1.807, 2.05) is 48.5 Å². The van der Waals surface area contributed by atoms with Gasteiger partial charge in [-0.2, -0.15) is 0 Å². The van der Waals surface area contributed by atoms with E-state index in [-0.39, 0.29) is 17.8 Å². The summed E-state index contributed by atoms with van der Waals surface area (Å²) >= 11 is 0. The molecule has 1 amide bonds. The Bertz CT molecular complexity index is 807. The van der Waals surface area contributed by atoms with Crippen LogP contribution in [0.3, 0.4) is 0 Å². The number of halogens is 1. The van der Waals surface area contributed by atoms with Gasteiger partial charge in [-0.05, 0) is 41.5 Å². The Labute approximate surface area is 145 Å². The number of nitrogens with one attached hydrogen (secondary N) is 1. The quantitative estimate of drug-likeness (QED) is 0.714. The van der Waals surface area contributed by atoms with E-state index in [0.717, 1.165) is 16.8 Å². The van der Waals surface area contributed by atoms with Gasteiger partial charge in [-0.1, -0.05) is 48.5 Å². The minimum Gasteiger partial charge on any atom is -0.340 e. The molecular formula is C21H17FN2O. The molecule has 4 heteroatoms. The van der Waals surface area contributed by atoms with Crippen LogP contribution in [0.2, 0.25) is 0 Å². The SMILES string of the molecule is O=C(/C=C/c1ccc(F)cc1)N[C@H](c1ccccc1)c1ccccn1. The van der Waals surface area contributed by atoms with Crippen molar-refractivity contribution < 1.29 is 9.18 Å². The van der Waals surface area contributed by atoms with Gasteiger partial charge in [0.25, 0.3) is 0 Å². The van der Waals surface area contributed by atoms with Crippen molar-refractivity contribution in [3.8, 4) is 0 Å². The maximum atomic E-state index is 12.9. The zero-order valence-corrected chi connectivity index (χ0v) is 13.5. The number of nitrogens with zero attached hydrogens (tertiary/aromatic N) is 1. The number of benzene rings is 2. The standard InChI is InChI=1S/C21H17FN2O/c22-18-12-9-16(10-13-18)11-14-20(25)24-21(17-6-2-1-3-7-17)19-8-4-5-15-23-19/h1-15,21H,(H,24,25)/b14-11+/t21-/m1/s1. The molecule has 1 heterocycles. The first-order chi connectivity index (χ1) is 12.2. The highest BCUT2D eigenvalue weighted by atomic mass is 19.1. The van der Waals surface area contributed by atoms with E-state index >= 15 is 0 Å². The van der Waals surface area contributed by atoms with Gasteiger partial charge in [0, 0.05) is 12.3 Å². The molecule has 1 aromatic heterocycles. The van der Waals surface area contributed by atoms with Gasteiger partial charge in [0.2, 0.25) is 5.91 Å². The van der Waals surface area contributed by atoms with Crippen LogP contribution in [0.5, 0.6) is 0 Å².